The van der Waals surface area contributed by atoms with Gasteiger partial charge < -0.3 is 4.74 Å². The molecule has 0 bridgehead atoms. The fourth-order valence-corrected chi connectivity index (χ4v) is 1.51. The molecule has 0 aliphatic carbocycles. The van der Waals surface area contributed by atoms with Crippen molar-refractivity contribution in [3.63, 3.8) is 0 Å². The maximum Gasteiger partial charge on any atom is 0.397 e. The molecule has 0 amide bonds. The Kier molecular flexibility index (Phi) is 1.94. The van der Waals surface area contributed by atoms with E-state index < -0.39 is 6.11 Å². The Labute approximate surface area is 75.3 Å². The fourth-order valence-electron chi connectivity index (χ4n) is 1.51. The van der Waals surface area contributed by atoms with Crippen molar-refractivity contribution in [3.05, 3.63) is 29.8 Å². The van der Waals surface area contributed by atoms with Crippen LogP contribution in [-0.2, 0) is 6.42 Å². The molecule has 3 heteroatoms. The maximum atomic E-state index is 12.9. The van der Waals surface area contributed by atoms with Crippen molar-refractivity contribution < 1.29 is 13.5 Å². The molecule has 70 valence electrons. The highest BCUT2D eigenvalue weighted by atomic mass is 19.3. The summed E-state index contributed by atoms with van der Waals surface area (Å²) in [7, 11) is 0. The van der Waals surface area contributed by atoms with Crippen molar-refractivity contribution in [2.45, 2.75) is 25.4 Å². The molecule has 1 aromatic carbocycles. The standard InChI is InChI=1S/C10H10F2O/c11-10(12)7-3-5-8-4-1-2-6-9(8)13-10/h1-2,4,6H,3,5,7H2. The van der Waals surface area contributed by atoms with Gasteiger partial charge in [0.05, 0.1) is 6.42 Å². The van der Waals surface area contributed by atoms with E-state index in [2.05, 4.69) is 4.74 Å². The molecule has 0 fully saturated rings. The van der Waals surface area contributed by atoms with E-state index >= 15 is 0 Å². The Balaban J connectivity index is 2.34. The smallest absolute Gasteiger partial charge is 0.397 e. The largest absolute Gasteiger partial charge is 0.432 e. The highest BCUT2D eigenvalue weighted by molar-refractivity contribution is 5.34. The number of rotatable bonds is 0. The third kappa shape index (κ3) is 1.79. The summed E-state index contributed by atoms with van der Waals surface area (Å²) < 4.78 is 30.5. The molecule has 0 spiro atoms. The lowest BCUT2D eigenvalue weighted by molar-refractivity contribution is -0.178. The van der Waals surface area contributed by atoms with E-state index in [0.717, 1.165) is 5.56 Å². The molecule has 0 saturated heterocycles. The minimum Gasteiger partial charge on any atom is -0.432 e. The number of aryl methyl sites for hydroxylation is 1. The average molecular weight is 184 g/mol. The molecule has 0 unspecified atom stereocenters. The Morgan fingerprint density at radius 2 is 2.00 bits per heavy atom. The van der Waals surface area contributed by atoms with Crippen LogP contribution < -0.4 is 4.74 Å². The summed E-state index contributed by atoms with van der Waals surface area (Å²) in [4.78, 5) is 0. The van der Waals surface area contributed by atoms with Crippen LogP contribution in [0.15, 0.2) is 24.3 Å². The predicted octanol–water partition coefficient (Wildman–Crippen LogP) is 2.99. The third-order valence-electron chi connectivity index (χ3n) is 2.15. The van der Waals surface area contributed by atoms with Gasteiger partial charge in [-0.05, 0) is 24.5 Å². The SMILES string of the molecule is FC1(F)CCCc2ccccc2O1. The number of halogens is 2. The lowest BCUT2D eigenvalue weighted by atomic mass is 10.1. The number of hydrogen-bond acceptors (Lipinski definition) is 1. The molecule has 0 saturated carbocycles. The second-order valence-electron chi connectivity index (χ2n) is 3.20. The Hall–Kier alpha value is -1.12. The van der Waals surface area contributed by atoms with Crippen LogP contribution in [0.1, 0.15) is 18.4 Å². The first-order valence-electron chi connectivity index (χ1n) is 4.32. The minimum absolute atomic E-state index is 0.193. The Bertz CT molecular complexity index is 310. The third-order valence-corrected chi connectivity index (χ3v) is 2.15. The lowest BCUT2D eigenvalue weighted by Gasteiger charge is -2.15. The Morgan fingerprint density at radius 1 is 1.23 bits per heavy atom. The van der Waals surface area contributed by atoms with Crippen LogP contribution in [0.25, 0.3) is 0 Å². The van der Waals surface area contributed by atoms with Gasteiger partial charge in [-0.2, -0.15) is 8.78 Å². The molecular formula is C10H10F2O. The lowest BCUT2D eigenvalue weighted by Crippen LogP contribution is -2.23. The highest BCUT2D eigenvalue weighted by Gasteiger charge is 2.33. The summed E-state index contributed by atoms with van der Waals surface area (Å²) in [6.07, 6.45) is -2.04. The molecule has 1 nitrogen and oxygen atoms in total. The van der Waals surface area contributed by atoms with Crippen molar-refractivity contribution >= 4 is 0 Å². The van der Waals surface area contributed by atoms with Gasteiger partial charge in [-0.1, -0.05) is 18.2 Å². The van der Waals surface area contributed by atoms with Crippen LogP contribution in [0.3, 0.4) is 0 Å². The van der Waals surface area contributed by atoms with Gasteiger partial charge >= 0.3 is 6.11 Å². The van der Waals surface area contributed by atoms with E-state index in [1.165, 1.54) is 0 Å². The summed E-state index contributed by atoms with van der Waals surface area (Å²) in [6, 6.07) is 6.97. The first-order chi connectivity index (χ1) is 6.17. The van der Waals surface area contributed by atoms with Gasteiger partial charge in [0.1, 0.15) is 5.75 Å². The van der Waals surface area contributed by atoms with E-state index in [4.69, 9.17) is 0 Å². The average Bonchev–Trinajstić information content (AvgIpc) is 2.21. The van der Waals surface area contributed by atoms with Crippen molar-refractivity contribution in [2.24, 2.45) is 0 Å². The van der Waals surface area contributed by atoms with Crippen LogP contribution in [0, 0.1) is 0 Å². The molecule has 0 atom stereocenters. The minimum atomic E-state index is -2.99. The van der Waals surface area contributed by atoms with Gasteiger partial charge in [0.25, 0.3) is 0 Å². The van der Waals surface area contributed by atoms with Crippen LogP contribution in [0.5, 0.6) is 5.75 Å². The van der Waals surface area contributed by atoms with Gasteiger partial charge in [-0.3, -0.25) is 0 Å². The van der Waals surface area contributed by atoms with Gasteiger partial charge in [-0.25, -0.2) is 0 Å². The number of para-hydroxylation sites is 1. The zero-order chi connectivity index (χ0) is 9.31. The van der Waals surface area contributed by atoms with E-state index in [0.29, 0.717) is 18.6 Å². The zero-order valence-corrected chi connectivity index (χ0v) is 7.09. The molecule has 1 heterocycles. The molecule has 0 aromatic heterocycles. The highest BCUT2D eigenvalue weighted by Crippen LogP contribution is 2.33. The number of benzene rings is 1. The molecule has 0 N–H and O–H groups in total. The van der Waals surface area contributed by atoms with Crippen molar-refractivity contribution in [1.29, 1.82) is 0 Å². The van der Waals surface area contributed by atoms with E-state index in [1.54, 1.807) is 12.1 Å². The number of ether oxygens (including phenoxy) is 1. The molecular weight excluding hydrogens is 174 g/mol. The summed E-state index contributed by atoms with van der Waals surface area (Å²) in [5.74, 6) is 0.324. The van der Waals surface area contributed by atoms with E-state index in [-0.39, 0.29) is 6.42 Å². The summed E-state index contributed by atoms with van der Waals surface area (Å²) >= 11 is 0. The number of hydrogen-bond donors (Lipinski definition) is 0. The van der Waals surface area contributed by atoms with Crippen LogP contribution in [-0.4, -0.2) is 6.11 Å². The van der Waals surface area contributed by atoms with E-state index in [1.807, 2.05) is 12.1 Å². The van der Waals surface area contributed by atoms with Crippen LogP contribution in [0.4, 0.5) is 8.78 Å². The monoisotopic (exact) mass is 184 g/mol. The first kappa shape index (κ1) is 8.48. The van der Waals surface area contributed by atoms with Crippen LogP contribution in [0.2, 0.25) is 0 Å². The van der Waals surface area contributed by atoms with Crippen molar-refractivity contribution in [1.82, 2.24) is 0 Å². The second-order valence-corrected chi connectivity index (χ2v) is 3.20. The fraction of sp³-hybridized carbons (Fsp3) is 0.400. The molecule has 1 aromatic rings. The van der Waals surface area contributed by atoms with Gasteiger partial charge in [0.2, 0.25) is 0 Å². The zero-order valence-electron chi connectivity index (χ0n) is 7.09. The quantitative estimate of drug-likeness (QED) is 0.602. The summed E-state index contributed by atoms with van der Waals surface area (Å²) in [5.41, 5.74) is 0.875. The number of alkyl halides is 2. The Morgan fingerprint density at radius 3 is 2.85 bits per heavy atom. The molecule has 1 aliphatic heterocycles. The maximum absolute atomic E-state index is 12.9. The molecule has 1 aliphatic rings. The predicted molar refractivity (Wildman–Crippen MR) is 45.0 cm³/mol. The second kappa shape index (κ2) is 2.98. The number of fused-ring (bicyclic) bond motifs is 1. The molecule has 13 heavy (non-hydrogen) atoms. The van der Waals surface area contributed by atoms with Gasteiger partial charge in [-0.15, -0.1) is 0 Å². The normalized spacial score (nSPS) is 19.8. The van der Waals surface area contributed by atoms with Gasteiger partial charge in [0, 0.05) is 0 Å². The van der Waals surface area contributed by atoms with Crippen molar-refractivity contribution in [3.8, 4) is 5.75 Å². The summed E-state index contributed by atoms with van der Waals surface area (Å²) in [5, 5.41) is 0. The molecule has 2 rings (SSSR count). The van der Waals surface area contributed by atoms with Crippen LogP contribution >= 0.6 is 0 Å². The summed E-state index contributed by atoms with van der Waals surface area (Å²) in [6.45, 7) is 0. The topological polar surface area (TPSA) is 9.23 Å². The molecule has 0 radical (unpaired) electrons. The van der Waals surface area contributed by atoms with Gasteiger partial charge in [0.15, 0.2) is 0 Å². The van der Waals surface area contributed by atoms with Crippen molar-refractivity contribution in [2.75, 3.05) is 0 Å². The van der Waals surface area contributed by atoms with E-state index in [9.17, 15) is 8.78 Å². The first-order valence-corrected chi connectivity index (χ1v) is 4.32.